The highest BCUT2D eigenvalue weighted by Crippen LogP contribution is 2.09. The highest BCUT2D eigenvalue weighted by Gasteiger charge is 2.08. The van der Waals surface area contributed by atoms with Crippen molar-refractivity contribution < 1.29 is 8.42 Å². The zero-order valence-electron chi connectivity index (χ0n) is 9.21. The summed E-state index contributed by atoms with van der Waals surface area (Å²) in [5.74, 6) is 6.27. The lowest BCUT2D eigenvalue weighted by molar-refractivity contribution is 0.601. The van der Waals surface area contributed by atoms with Crippen LogP contribution in [0.3, 0.4) is 0 Å². The van der Waals surface area contributed by atoms with Crippen LogP contribution in [0.15, 0.2) is 12.4 Å². The van der Waals surface area contributed by atoms with Gasteiger partial charge in [0.15, 0.2) is 5.82 Å². The number of aromatic nitrogens is 2. The van der Waals surface area contributed by atoms with Gasteiger partial charge in [-0.15, -0.1) is 0 Å². The Labute approximate surface area is 94.6 Å². The predicted octanol–water partition coefficient (Wildman–Crippen LogP) is -0.757. The van der Waals surface area contributed by atoms with E-state index in [1.54, 1.807) is 18.1 Å². The molecule has 1 aromatic rings. The number of nitrogens with two attached hydrogens (primary N) is 1. The van der Waals surface area contributed by atoms with Crippen molar-refractivity contribution in [3.05, 3.63) is 12.4 Å². The van der Waals surface area contributed by atoms with Crippen molar-refractivity contribution in [2.24, 2.45) is 5.84 Å². The number of hydrazine groups is 1. The van der Waals surface area contributed by atoms with Crippen LogP contribution in [0.5, 0.6) is 0 Å². The third-order valence-electron chi connectivity index (χ3n) is 1.96. The number of nitrogens with zero attached hydrogens (tertiary/aromatic N) is 3. The van der Waals surface area contributed by atoms with Crippen LogP contribution in [-0.2, 0) is 9.84 Å². The van der Waals surface area contributed by atoms with Crippen molar-refractivity contribution in [1.82, 2.24) is 9.97 Å². The van der Waals surface area contributed by atoms with Gasteiger partial charge in [0.25, 0.3) is 0 Å². The van der Waals surface area contributed by atoms with Gasteiger partial charge >= 0.3 is 0 Å². The minimum absolute atomic E-state index is 0.0749. The van der Waals surface area contributed by atoms with Gasteiger partial charge in [0.1, 0.15) is 15.7 Å². The summed E-state index contributed by atoms with van der Waals surface area (Å²) in [6.45, 7) is 0.363. The van der Waals surface area contributed by atoms with E-state index < -0.39 is 9.84 Å². The van der Waals surface area contributed by atoms with Crippen LogP contribution >= 0.6 is 0 Å². The standard InChI is InChI=1S/C8H15N5O2S/c1-13(3-4-16(2,14)15)8-6-10-5-7(11-8)12-9/h5-6H,3-4,9H2,1-2H3,(H,11,12). The minimum Gasteiger partial charge on any atom is -0.357 e. The van der Waals surface area contributed by atoms with Crippen LogP contribution in [0.4, 0.5) is 11.6 Å². The maximum Gasteiger partial charge on any atom is 0.160 e. The smallest absolute Gasteiger partial charge is 0.160 e. The second kappa shape index (κ2) is 5.08. The van der Waals surface area contributed by atoms with Gasteiger partial charge in [-0.05, 0) is 0 Å². The van der Waals surface area contributed by atoms with Gasteiger partial charge in [-0.2, -0.15) is 0 Å². The van der Waals surface area contributed by atoms with E-state index >= 15 is 0 Å². The third-order valence-corrected chi connectivity index (χ3v) is 2.88. The summed E-state index contributed by atoms with van der Waals surface area (Å²) in [4.78, 5) is 9.75. The zero-order chi connectivity index (χ0) is 12.2. The molecule has 0 aromatic carbocycles. The molecule has 1 aromatic heterocycles. The van der Waals surface area contributed by atoms with Gasteiger partial charge < -0.3 is 10.3 Å². The first-order valence-corrected chi connectivity index (χ1v) is 6.66. The van der Waals surface area contributed by atoms with Crippen LogP contribution in [0.2, 0.25) is 0 Å². The molecule has 0 aliphatic carbocycles. The molecule has 1 heterocycles. The monoisotopic (exact) mass is 245 g/mol. The summed E-state index contributed by atoms with van der Waals surface area (Å²) in [5, 5.41) is 0. The largest absolute Gasteiger partial charge is 0.357 e. The molecule has 0 amide bonds. The van der Waals surface area contributed by atoms with Gasteiger partial charge in [-0.25, -0.2) is 19.2 Å². The van der Waals surface area contributed by atoms with E-state index in [1.807, 2.05) is 0 Å². The van der Waals surface area contributed by atoms with Gasteiger partial charge in [-0.1, -0.05) is 0 Å². The number of anilines is 2. The fourth-order valence-corrected chi connectivity index (χ4v) is 1.63. The molecular weight excluding hydrogens is 230 g/mol. The molecule has 0 bridgehead atoms. The SMILES string of the molecule is CN(CCS(C)(=O)=O)c1cncc(NN)n1. The third kappa shape index (κ3) is 3.99. The quantitative estimate of drug-likeness (QED) is 0.519. The van der Waals surface area contributed by atoms with Crippen molar-refractivity contribution in [2.75, 3.05) is 35.9 Å². The molecule has 7 nitrogen and oxygen atoms in total. The zero-order valence-corrected chi connectivity index (χ0v) is 10.0. The Morgan fingerprint density at radius 1 is 1.50 bits per heavy atom. The Kier molecular flexibility index (Phi) is 4.02. The lowest BCUT2D eigenvalue weighted by Gasteiger charge is -2.17. The van der Waals surface area contributed by atoms with Crippen LogP contribution in [0.1, 0.15) is 0 Å². The Morgan fingerprint density at radius 2 is 2.19 bits per heavy atom. The Bertz CT molecular complexity index is 447. The van der Waals surface area contributed by atoms with Crippen molar-refractivity contribution in [2.45, 2.75) is 0 Å². The van der Waals surface area contributed by atoms with Gasteiger partial charge in [0.2, 0.25) is 0 Å². The van der Waals surface area contributed by atoms with Gasteiger partial charge in [-0.3, -0.25) is 4.98 Å². The average Bonchev–Trinajstić information content (AvgIpc) is 2.25. The number of nitrogens with one attached hydrogen (secondary N) is 1. The predicted molar refractivity (Wildman–Crippen MR) is 62.8 cm³/mol. The lowest BCUT2D eigenvalue weighted by Crippen LogP contribution is -2.26. The van der Waals surface area contributed by atoms with E-state index in [2.05, 4.69) is 15.4 Å². The van der Waals surface area contributed by atoms with E-state index in [4.69, 9.17) is 5.84 Å². The first-order chi connectivity index (χ1) is 7.42. The lowest BCUT2D eigenvalue weighted by atomic mass is 10.5. The first-order valence-electron chi connectivity index (χ1n) is 4.60. The summed E-state index contributed by atoms with van der Waals surface area (Å²) in [5.41, 5.74) is 2.38. The molecule has 0 radical (unpaired) electrons. The Morgan fingerprint density at radius 3 is 2.75 bits per heavy atom. The van der Waals surface area contributed by atoms with Gasteiger partial charge in [0.05, 0.1) is 18.1 Å². The molecule has 0 aliphatic heterocycles. The summed E-state index contributed by atoms with van der Waals surface area (Å²) >= 11 is 0. The molecule has 16 heavy (non-hydrogen) atoms. The minimum atomic E-state index is -2.97. The molecule has 3 N–H and O–H groups in total. The van der Waals surface area contributed by atoms with Gasteiger partial charge in [0, 0.05) is 19.8 Å². The highest BCUT2D eigenvalue weighted by atomic mass is 32.2. The summed E-state index contributed by atoms with van der Waals surface area (Å²) in [6.07, 6.45) is 4.22. The molecule has 0 atom stereocenters. The molecule has 0 saturated carbocycles. The van der Waals surface area contributed by atoms with E-state index in [0.717, 1.165) is 0 Å². The molecule has 8 heteroatoms. The molecule has 0 unspecified atom stereocenters. The van der Waals surface area contributed by atoms with Crippen LogP contribution in [-0.4, -0.2) is 44.0 Å². The molecule has 90 valence electrons. The summed E-state index contributed by atoms with van der Waals surface area (Å²) in [6, 6.07) is 0. The molecule has 0 saturated heterocycles. The normalized spacial score (nSPS) is 11.2. The van der Waals surface area contributed by atoms with Crippen molar-refractivity contribution in [3.8, 4) is 0 Å². The topological polar surface area (TPSA) is 101 Å². The Balaban J connectivity index is 2.69. The molecule has 0 aliphatic rings. The van der Waals surface area contributed by atoms with Crippen LogP contribution in [0.25, 0.3) is 0 Å². The maximum absolute atomic E-state index is 11.0. The second-order valence-corrected chi connectivity index (χ2v) is 5.72. The van der Waals surface area contributed by atoms with E-state index in [0.29, 0.717) is 18.2 Å². The number of rotatable bonds is 5. The first kappa shape index (κ1) is 12.7. The fourth-order valence-electron chi connectivity index (χ4n) is 1.03. The van der Waals surface area contributed by atoms with E-state index in [1.165, 1.54) is 12.5 Å². The summed E-state index contributed by atoms with van der Waals surface area (Å²) < 4.78 is 22.0. The molecule has 0 spiro atoms. The number of sulfone groups is 1. The van der Waals surface area contributed by atoms with Crippen LogP contribution < -0.4 is 16.2 Å². The summed E-state index contributed by atoms with van der Waals surface area (Å²) in [7, 11) is -1.23. The number of hydrogen-bond acceptors (Lipinski definition) is 7. The van der Waals surface area contributed by atoms with Crippen molar-refractivity contribution in [1.29, 1.82) is 0 Å². The average molecular weight is 245 g/mol. The Hall–Kier alpha value is -1.41. The fraction of sp³-hybridized carbons (Fsp3) is 0.500. The number of hydrogen-bond donors (Lipinski definition) is 2. The van der Waals surface area contributed by atoms with E-state index in [9.17, 15) is 8.42 Å². The molecule has 0 fully saturated rings. The molecule has 1 rings (SSSR count). The van der Waals surface area contributed by atoms with Crippen LogP contribution in [0, 0.1) is 0 Å². The molecular formula is C8H15N5O2S. The maximum atomic E-state index is 11.0. The van der Waals surface area contributed by atoms with Crippen molar-refractivity contribution >= 4 is 21.5 Å². The highest BCUT2D eigenvalue weighted by molar-refractivity contribution is 7.90. The second-order valence-electron chi connectivity index (χ2n) is 3.46. The van der Waals surface area contributed by atoms with Crippen molar-refractivity contribution in [3.63, 3.8) is 0 Å². The number of nitrogen functional groups attached to an aromatic ring is 1. The van der Waals surface area contributed by atoms with E-state index in [-0.39, 0.29) is 5.75 Å².